The molecule has 0 saturated heterocycles. The number of methoxy groups -OCH3 is 2. The Morgan fingerprint density at radius 1 is 1.12 bits per heavy atom. The largest absolute Gasteiger partial charge is 0.465 e. The summed E-state index contributed by atoms with van der Waals surface area (Å²) in [6.07, 6.45) is 2.82. The van der Waals surface area contributed by atoms with Gasteiger partial charge in [0, 0.05) is 4.88 Å². The highest BCUT2D eigenvalue weighted by atomic mass is 32.2. The molecule has 1 atom stereocenters. The van der Waals surface area contributed by atoms with Crippen molar-refractivity contribution < 1.29 is 23.9 Å². The van der Waals surface area contributed by atoms with Gasteiger partial charge in [-0.15, -0.1) is 22.7 Å². The number of hydrogen-bond donors (Lipinski definition) is 1. The summed E-state index contributed by atoms with van der Waals surface area (Å²) in [6.45, 7) is 3.82. The van der Waals surface area contributed by atoms with Crippen LogP contribution in [-0.2, 0) is 27.1 Å². The Morgan fingerprint density at radius 2 is 1.85 bits per heavy atom. The number of aromatic nitrogens is 2. The Balaban J connectivity index is 1.48. The number of aryl methyl sites for hydroxylation is 1. The van der Waals surface area contributed by atoms with Gasteiger partial charge in [0.2, 0.25) is 5.91 Å². The number of esters is 2. The van der Waals surface area contributed by atoms with E-state index in [9.17, 15) is 19.2 Å². The van der Waals surface area contributed by atoms with Crippen molar-refractivity contribution in [2.24, 2.45) is 5.92 Å². The van der Waals surface area contributed by atoms with Gasteiger partial charge < -0.3 is 14.8 Å². The maximum atomic E-state index is 13.9. The van der Waals surface area contributed by atoms with E-state index in [-0.39, 0.29) is 26.8 Å². The number of para-hydroxylation sites is 1. The number of thioether (sulfide) groups is 1. The fourth-order valence-electron chi connectivity index (χ4n) is 4.80. The molecule has 1 aliphatic rings. The molecule has 9 nitrogen and oxygen atoms in total. The summed E-state index contributed by atoms with van der Waals surface area (Å²) in [5, 5.41) is 3.99. The number of ether oxygens (including phenoxy) is 2. The average Bonchev–Trinajstić information content (AvgIpc) is 3.47. The van der Waals surface area contributed by atoms with Crippen LogP contribution >= 0.6 is 34.4 Å². The van der Waals surface area contributed by atoms with Crippen molar-refractivity contribution in [3.63, 3.8) is 0 Å². The third-order valence-electron chi connectivity index (χ3n) is 6.81. The smallest absolute Gasteiger partial charge is 0.348 e. The van der Waals surface area contributed by atoms with E-state index in [0.29, 0.717) is 32.5 Å². The van der Waals surface area contributed by atoms with E-state index < -0.39 is 17.8 Å². The van der Waals surface area contributed by atoms with Gasteiger partial charge in [0.1, 0.15) is 14.7 Å². The topological polar surface area (TPSA) is 117 Å². The van der Waals surface area contributed by atoms with Crippen LogP contribution in [0.25, 0.3) is 15.9 Å². The summed E-state index contributed by atoms with van der Waals surface area (Å²) in [4.78, 5) is 58.6. The first kappa shape index (κ1) is 28.1. The lowest BCUT2D eigenvalue weighted by molar-refractivity contribution is -0.113. The van der Waals surface area contributed by atoms with Gasteiger partial charge >= 0.3 is 11.9 Å². The second-order valence-corrected chi connectivity index (χ2v) is 12.5. The monoisotopic (exact) mass is 597 g/mol. The highest BCUT2D eigenvalue weighted by Gasteiger charge is 2.28. The predicted molar refractivity (Wildman–Crippen MR) is 157 cm³/mol. The number of rotatable bonds is 7. The van der Waals surface area contributed by atoms with Crippen LogP contribution in [0.1, 0.15) is 49.4 Å². The molecule has 0 aliphatic heterocycles. The molecule has 1 amide bonds. The number of hydrogen-bond acceptors (Lipinski definition) is 10. The first-order valence-corrected chi connectivity index (χ1v) is 15.2. The first-order valence-electron chi connectivity index (χ1n) is 12.6. The first-order chi connectivity index (χ1) is 19.2. The Bertz CT molecular complexity index is 1690. The lowest BCUT2D eigenvalue weighted by atomic mass is 9.89. The standard InChI is InChI=1S/C28H27N3O6S3/c1-14-10-11-17-18(12-14)39-24-21(17)25(33)31(16-8-6-5-7-9-16)28(30-24)38-13-19(32)29-23-20(26(34)36-3)15(2)22(40-23)27(35)37-4/h5-9,14H,10-13H2,1-4H3,(H,29,32)/t14-/m0/s1. The maximum absolute atomic E-state index is 13.9. The van der Waals surface area contributed by atoms with Crippen LogP contribution in [0.5, 0.6) is 0 Å². The molecule has 0 unspecified atom stereocenters. The van der Waals surface area contributed by atoms with Crippen molar-refractivity contribution >= 4 is 67.5 Å². The summed E-state index contributed by atoms with van der Waals surface area (Å²) >= 11 is 3.63. The highest BCUT2D eigenvalue weighted by Crippen LogP contribution is 2.37. The minimum atomic E-state index is -0.673. The molecule has 0 radical (unpaired) electrons. The fraction of sp³-hybridized carbons (Fsp3) is 0.321. The molecule has 0 saturated carbocycles. The zero-order chi connectivity index (χ0) is 28.6. The number of anilines is 1. The van der Waals surface area contributed by atoms with Crippen LogP contribution < -0.4 is 10.9 Å². The maximum Gasteiger partial charge on any atom is 0.348 e. The molecule has 208 valence electrons. The molecule has 1 aliphatic carbocycles. The quantitative estimate of drug-likeness (QED) is 0.175. The van der Waals surface area contributed by atoms with E-state index in [1.165, 1.54) is 19.1 Å². The van der Waals surface area contributed by atoms with Crippen molar-refractivity contribution in [3.05, 3.63) is 67.1 Å². The van der Waals surface area contributed by atoms with E-state index in [1.807, 2.05) is 30.3 Å². The number of amides is 1. The number of carbonyl (C=O) groups excluding carboxylic acids is 3. The molecule has 1 N–H and O–H groups in total. The predicted octanol–water partition coefficient (Wildman–Crippen LogP) is 5.25. The summed E-state index contributed by atoms with van der Waals surface area (Å²) in [7, 11) is 2.47. The molecule has 4 aromatic rings. The number of benzene rings is 1. The second kappa shape index (κ2) is 11.6. The number of carbonyl (C=O) groups is 3. The zero-order valence-corrected chi connectivity index (χ0v) is 24.8. The molecule has 40 heavy (non-hydrogen) atoms. The Kier molecular flexibility index (Phi) is 8.11. The van der Waals surface area contributed by atoms with Crippen molar-refractivity contribution in [1.29, 1.82) is 0 Å². The third kappa shape index (κ3) is 5.18. The zero-order valence-electron chi connectivity index (χ0n) is 22.4. The molecule has 3 heterocycles. The minimum absolute atomic E-state index is 0.0853. The normalized spacial score (nSPS) is 14.6. The number of nitrogens with zero attached hydrogens (tertiary/aromatic N) is 2. The van der Waals surface area contributed by atoms with Crippen LogP contribution in [0.4, 0.5) is 5.00 Å². The van der Waals surface area contributed by atoms with Gasteiger partial charge in [-0.05, 0) is 55.4 Å². The molecular weight excluding hydrogens is 571 g/mol. The van der Waals surface area contributed by atoms with Gasteiger partial charge in [-0.25, -0.2) is 14.6 Å². The Labute approximate surface area is 242 Å². The highest BCUT2D eigenvalue weighted by molar-refractivity contribution is 7.99. The van der Waals surface area contributed by atoms with Crippen molar-refractivity contribution in [1.82, 2.24) is 9.55 Å². The van der Waals surface area contributed by atoms with Gasteiger partial charge in [0.05, 0.1) is 36.6 Å². The van der Waals surface area contributed by atoms with Crippen LogP contribution in [0.2, 0.25) is 0 Å². The van der Waals surface area contributed by atoms with Crippen LogP contribution in [0, 0.1) is 12.8 Å². The van der Waals surface area contributed by atoms with Crippen molar-refractivity contribution in [2.75, 3.05) is 25.3 Å². The summed E-state index contributed by atoms with van der Waals surface area (Å²) in [6, 6.07) is 9.25. The number of nitrogens with one attached hydrogen (secondary N) is 1. The van der Waals surface area contributed by atoms with E-state index in [1.54, 1.807) is 22.8 Å². The van der Waals surface area contributed by atoms with E-state index >= 15 is 0 Å². The second-order valence-electron chi connectivity index (χ2n) is 9.48. The minimum Gasteiger partial charge on any atom is -0.465 e. The van der Waals surface area contributed by atoms with Gasteiger partial charge in [0.15, 0.2) is 5.16 Å². The number of thiophene rings is 2. The van der Waals surface area contributed by atoms with E-state index in [4.69, 9.17) is 14.5 Å². The van der Waals surface area contributed by atoms with E-state index in [0.717, 1.165) is 47.9 Å². The fourth-order valence-corrected chi connectivity index (χ4v) is 8.17. The van der Waals surface area contributed by atoms with Crippen LogP contribution in [-0.4, -0.2) is 47.4 Å². The Morgan fingerprint density at radius 3 is 2.55 bits per heavy atom. The molecule has 5 rings (SSSR count). The Hall–Kier alpha value is -3.48. The molecular formula is C28H27N3O6S3. The molecule has 3 aromatic heterocycles. The van der Waals surface area contributed by atoms with E-state index in [2.05, 4.69) is 12.2 Å². The van der Waals surface area contributed by atoms with Crippen LogP contribution in [0.15, 0.2) is 40.3 Å². The average molecular weight is 598 g/mol. The molecule has 0 fully saturated rings. The van der Waals surface area contributed by atoms with Gasteiger partial charge in [-0.3, -0.25) is 14.2 Å². The molecule has 1 aromatic carbocycles. The van der Waals surface area contributed by atoms with Gasteiger partial charge in [-0.1, -0.05) is 36.9 Å². The third-order valence-corrected chi connectivity index (χ3v) is 10.1. The van der Waals surface area contributed by atoms with Gasteiger partial charge in [0.25, 0.3) is 5.56 Å². The lowest BCUT2D eigenvalue weighted by Gasteiger charge is -2.17. The molecule has 0 spiro atoms. The molecule has 12 heteroatoms. The summed E-state index contributed by atoms with van der Waals surface area (Å²) in [5.74, 6) is -1.24. The van der Waals surface area contributed by atoms with Crippen molar-refractivity contribution in [3.8, 4) is 5.69 Å². The van der Waals surface area contributed by atoms with Crippen LogP contribution in [0.3, 0.4) is 0 Å². The molecule has 0 bridgehead atoms. The summed E-state index contributed by atoms with van der Waals surface area (Å²) < 4.78 is 11.2. The SMILES string of the molecule is COC(=O)c1sc(NC(=O)CSc2nc3sc4c(c3c(=O)n2-c2ccccc2)CC[C@H](C)C4)c(C(=O)OC)c1C. The van der Waals surface area contributed by atoms with Gasteiger partial charge in [-0.2, -0.15) is 0 Å². The number of fused-ring (bicyclic) bond motifs is 3. The lowest BCUT2D eigenvalue weighted by Crippen LogP contribution is -2.23. The summed E-state index contributed by atoms with van der Waals surface area (Å²) in [5.41, 5.74) is 2.09. The van der Waals surface area contributed by atoms with Crippen molar-refractivity contribution in [2.45, 2.75) is 38.3 Å².